The van der Waals surface area contributed by atoms with Crippen LogP contribution in [0.1, 0.15) is 65.2 Å². The van der Waals surface area contributed by atoms with Gasteiger partial charge in [0.2, 0.25) is 0 Å². The fraction of sp³-hybridized carbons (Fsp3) is 1.00. The van der Waals surface area contributed by atoms with Crippen molar-refractivity contribution in [3.63, 3.8) is 0 Å². The zero-order valence-corrected chi connectivity index (χ0v) is 11.1. The highest BCUT2D eigenvalue weighted by molar-refractivity contribution is 7.91. The van der Waals surface area contributed by atoms with Crippen LogP contribution in [0.25, 0.3) is 0 Å². The first-order valence-electron chi connectivity index (χ1n) is 6.32. The van der Waals surface area contributed by atoms with Gasteiger partial charge in [-0.25, -0.2) is 8.42 Å². The third-order valence-electron chi connectivity index (χ3n) is 2.62. The van der Waals surface area contributed by atoms with Crippen LogP contribution in [0.5, 0.6) is 0 Å². The fourth-order valence-electron chi connectivity index (χ4n) is 1.60. The van der Waals surface area contributed by atoms with Crippen molar-refractivity contribution >= 4 is 9.84 Å². The van der Waals surface area contributed by atoms with Gasteiger partial charge in [-0.05, 0) is 12.8 Å². The van der Waals surface area contributed by atoms with Crippen molar-refractivity contribution in [2.24, 2.45) is 0 Å². The maximum atomic E-state index is 11.5. The Bertz CT molecular complexity index is 220. The van der Waals surface area contributed by atoms with E-state index in [4.69, 9.17) is 0 Å². The van der Waals surface area contributed by atoms with Crippen LogP contribution in [0.2, 0.25) is 0 Å². The van der Waals surface area contributed by atoms with Crippen LogP contribution < -0.4 is 0 Å². The smallest absolute Gasteiger partial charge is 0.150 e. The molecule has 0 aliphatic rings. The number of hydrogen-bond acceptors (Lipinski definition) is 2. The highest BCUT2D eigenvalue weighted by Gasteiger charge is 2.09. The van der Waals surface area contributed by atoms with Gasteiger partial charge < -0.3 is 0 Å². The van der Waals surface area contributed by atoms with Gasteiger partial charge in [0, 0.05) is 0 Å². The van der Waals surface area contributed by atoms with Gasteiger partial charge in [-0.2, -0.15) is 0 Å². The molecule has 0 heterocycles. The molecule has 3 heteroatoms. The van der Waals surface area contributed by atoms with Crippen molar-refractivity contribution in [3.8, 4) is 0 Å². The summed E-state index contributed by atoms with van der Waals surface area (Å²) in [6.07, 6.45) is 8.52. The summed E-state index contributed by atoms with van der Waals surface area (Å²) < 4.78 is 23.1. The summed E-state index contributed by atoms with van der Waals surface area (Å²) in [5, 5.41) is 0. The van der Waals surface area contributed by atoms with Crippen LogP contribution in [-0.4, -0.2) is 19.9 Å². The largest absolute Gasteiger partial charge is 0.229 e. The van der Waals surface area contributed by atoms with E-state index in [1.54, 1.807) is 0 Å². The monoisotopic (exact) mass is 234 g/mol. The summed E-state index contributed by atoms with van der Waals surface area (Å²) in [4.78, 5) is 0. The van der Waals surface area contributed by atoms with Crippen LogP contribution in [-0.2, 0) is 9.84 Å². The molecule has 2 nitrogen and oxygen atoms in total. The van der Waals surface area contributed by atoms with Gasteiger partial charge >= 0.3 is 0 Å². The van der Waals surface area contributed by atoms with Crippen molar-refractivity contribution in [3.05, 3.63) is 0 Å². The van der Waals surface area contributed by atoms with Crippen LogP contribution >= 0.6 is 0 Å². The standard InChI is InChI=1S/C12H26O2S/c1-3-5-7-8-10-12-15(13,14)11-9-6-4-2/h3-12H2,1-2H3. The molecule has 0 rings (SSSR count). The lowest BCUT2D eigenvalue weighted by Gasteiger charge is -2.03. The molecule has 92 valence electrons. The summed E-state index contributed by atoms with van der Waals surface area (Å²) in [6, 6.07) is 0. The average Bonchev–Trinajstić information content (AvgIpc) is 2.17. The molecule has 0 aliphatic heterocycles. The zero-order chi connectivity index (χ0) is 11.6. The van der Waals surface area contributed by atoms with E-state index in [9.17, 15) is 8.42 Å². The lowest BCUT2D eigenvalue weighted by molar-refractivity contribution is 0.582. The van der Waals surface area contributed by atoms with E-state index >= 15 is 0 Å². The molecule has 0 N–H and O–H groups in total. The van der Waals surface area contributed by atoms with Gasteiger partial charge in [0.1, 0.15) is 9.84 Å². The van der Waals surface area contributed by atoms with Crippen molar-refractivity contribution in [1.82, 2.24) is 0 Å². The van der Waals surface area contributed by atoms with E-state index in [1.807, 2.05) is 0 Å². The molecule has 0 aliphatic carbocycles. The Balaban J connectivity index is 3.47. The minimum Gasteiger partial charge on any atom is -0.229 e. The number of hydrogen-bond donors (Lipinski definition) is 0. The van der Waals surface area contributed by atoms with E-state index in [0.717, 1.165) is 32.1 Å². The van der Waals surface area contributed by atoms with E-state index in [2.05, 4.69) is 13.8 Å². The summed E-state index contributed by atoms with van der Waals surface area (Å²) in [6.45, 7) is 4.26. The van der Waals surface area contributed by atoms with E-state index in [-0.39, 0.29) is 0 Å². The summed E-state index contributed by atoms with van der Waals surface area (Å²) >= 11 is 0. The molecule has 0 spiro atoms. The third kappa shape index (κ3) is 10.2. The van der Waals surface area contributed by atoms with Gasteiger partial charge in [-0.3, -0.25) is 0 Å². The number of sulfone groups is 1. The lowest BCUT2D eigenvalue weighted by Crippen LogP contribution is -2.11. The van der Waals surface area contributed by atoms with Crippen molar-refractivity contribution in [2.75, 3.05) is 11.5 Å². The number of unbranched alkanes of at least 4 members (excludes halogenated alkanes) is 6. The zero-order valence-electron chi connectivity index (χ0n) is 10.3. The maximum Gasteiger partial charge on any atom is 0.150 e. The Morgan fingerprint density at radius 3 is 1.60 bits per heavy atom. The first-order chi connectivity index (χ1) is 7.12. The highest BCUT2D eigenvalue weighted by atomic mass is 32.2. The normalized spacial score (nSPS) is 11.9. The fourth-order valence-corrected chi connectivity index (χ4v) is 3.09. The molecule has 0 saturated heterocycles. The van der Waals surface area contributed by atoms with Gasteiger partial charge in [0.05, 0.1) is 11.5 Å². The van der Waals surface area contributed by atoms with Crippen molar-refractivity contribution in [2.45, 2.75) is 65.2 Å². The molecule has 0 radical (unpaired) electrons. The van der Waals surface area contributed by atoms with E-state index in [1.165, 1.54) is 19.3 Å². The second kappa shape index (κ2) is 9.20. The van der Waals surface area contributed by atoms with Gasteiger partial charge in [-0.1, -0.05) is 52.4 Å². The molecule has 0 aromatic rings. The molecule has 0 atom stereocenters. The van der Waals surface area contributed by atoms with Crippen molar-refractivity contribution < 1.29 is 8.42 Å². The molecule has 0 fully saturated rings. The lowest BCUT2D eigenvalue weighted by atomic mass is 10.2. The molecule has 0 unspecified atom stereocenters. The molecular formula is C12H26O2S. The minimum absolute atomic E-state index is 0.397. The maximum absolute atomic E-state index is 11.5. The van der Waals surface area contributed by atoms with Gasteiger partial charge in [0.15, 0.2) is 0 Å². The van der Waals surface area contributed by atoms with E-state index in [0.29, 0.717) is 11.5 Å². The quantitative estimate of drug-likeness (QED) is 0.542. The minimum atomic E-state index is -2.74. The average molecular weight is 234 g/mol. The SMILES string of the molecule is CCCCCCCS(=O)(=O)CCCCC. The second-order valence-corrected chi connectivity index (χ2v) is 6.58. The molecule has 0 saturated carbocycles. The van der Waals surface area contributed by atoms with E-state index < -0.39 is 9.84 Å². The Hall–Kier alpha value is -0.0500. The van der Waals surface area contributed by atoms with Crippen LogP contribution in [0.3, 0.4) is 0 Å². The Labute approximate surface area is 95.4 Å². The molecule has 0 aromatic carbocycles. The third-order valence-corrected chi connectivity index (χ3v) is 4.44. The predicted molar refractivity (Wildman–Crippen MR) is 66.9 cm³/mol. The Morgan fingerprint density at radius 1 is 0.667 bits per heavy atom. The molecule has 0 aromatic heterocycles. The van der Waals surface area contributed by atoms with Crippen LogP contribution in [0.15, 0.2) is 0 Å². The molecular weight excluding hydrogens is 208 g/mol. The van der Waals surface area contributed by atoms with Crippen LogP contribution in [0, 0.1) is 0 Å². The van der Waals surface area contributed by atoms with Crippen LogP contribution in [0.4, 0.5) is 0 Å². The van der Waals surface area contributed by atoms with Gasteiger partial charge in [0.25, 0.3) is 0 Å². The topological polar surface area (TPSA) is 34.1 Å². The first-order valence-corrected chi connectivity index (χ1v) is 8.15. The Kier molecular flexibility index (Phi) is 9.17. The second-order valence-electron chi connectivity index (χ2n) is 4.27. The first kappa shape index (κ1) is 14.9. The Morgan fingerprint density at radius 2 is 1.07 bits per heavy atom. The summed E-state index contributed by atoms with van der Waals surface area (Å²) in [5.74, 6) is 0.801. The molecule has 0 amide bonds. The van der Waals surface area contributed by atoms with Gasteiger partial charge in [-0.15, -0.1) is 0 Å². The summed E-state index contributed by atoms with van der Waals surface area (Å²) in [5.41, 5.74) is 0. The van der Waals surface area contributed by atoms with Crippen molar-refractivity contribution in [1.29, 1.82) is 0 Å². The predicted octanol–water partition coefficient (Wildman–Crippen LogP) is 3.56. The summed E-state index contributed by atoms with van der Waals surface area (Å²) in [7, 11) is -2.74. The number of rotatable bonds is 10. The molecule has 0 bridgehead atoms. The highest BCUT2D eigenvalue weighted by Crippen LogP contribution is 2.06. The molecule has 15 heavy (non-hydrogen) atoms.